The maximum atomic E-state index is 13.6. The van der Waals surface area contributed by atoms with Gasteiger partial charge in [-0.2, -0.15) is 4.99 Å². The molecule has 0 aliphatic carbocycles. The number of rotatable bonds is 4. The summed E-state index contributed by atoms with van der Waals surface area (Å²) in [5.74, 6) is -3.14. The predicted molar refractivity (Wildman–Crippen MR) is 112 cm³/mol. The van der Waals surface area contributed by atoms with Crippen LogP contribution in [0.5, 0.6) is 0 Å². The van der Waals surface area contributed by atoms with Crippen molar-refractivity contribution < 1.29 is 19.1 Å². The number of nitrogens with one attached hydrogen (secondary N) is 1. The lowest BCUT2D eigenvalue weighted by Crippen LogP contribution is -2.45. The highest BCUT2D eigenvalue weighted by Gasteiger charge is 2.28. The topological polar surface area (TPSA) is 108 Å². The molecular weight excluding hydrogens is 430 g/mol. The molecule has 4 N–H and O–H groups in total. The van der Waals surface area contributed by atoms with Gasteiger partial charge in [0.1, 0.15) is 5.82 Å². The fourth-order valence-corrected chi connectivity index (χ4v) is 3.76. The number of amidine groups is 1. The van der Waals surface area contributed by atoms with E-state index in [0.717, 1.165) is 32.0 Å². The molecule has 1 unspecified atom stereocenters. The van der Waals surface area contributed by atoms with Crippen LogP contribution in [0.4, 0.5) is 4.39 Å². The van der Waals surface area contributed by atoms with Gasteiger partial charge in [0.05, 0.1) is 10.8 Å². The molecule has 1 aromatic carbocycles. The average Bonchev–Trinajstić information content (AvgIpc) is 2.99. The number of carboxylic acids is 1. The minimum absolute atomic E-state index is 0. The first-order valence-corrected chi connectivity index (χ1v) is 9.07. The fourth-order valence-electron chi connectivity index (χ4n) is 2.85. The van der Waals surface area contributed by atoms with Crippen molar-refractivity contribution in [1.82, 2.24) is 10.4 Å². The van der Waals surface area contributed by atoms with Gasteiger partial charge >= 0.3 is 5.97 Å². The van der Waals surface area contributed by atoms with Crippen LogP contribution in [0.25, 0.3) is 6.08 Å². The number of benzene rings is 1. The van der Waals surface area contributed by atoms with Gasteiger partial charge in [0, 0.05) is 19.6 Å². The number of aliphatic imine (C=N–C) groups is 1. The van der Waals surface area contributed by atoms with Gasteiger partial charge in [0.15, 0.2) is 5.17 Å². The summed E-state index contributed by atoms with van der Waals surface area (Å²) in [5, 5.41) is 11.7. The van der Waals surface area contributed by atoms with Gasteiger partial charge in [0.2, 0.25) is 0 Å². The van der Waals surface area contributed by atoms with Crippen molar-refractivity contribution in [3.05, 3.63) is 40.0 Å². The molecule has 1 aromatic rings. The van der Waals surface area contributed by atoms with Crippen LogP contribution >= 0.6 is 36.6 Å². The third-order valence-electron chi connectivity index (χ3n) is 4.20. The van der Waals surface area contributed by atoms with Crippen molar-refractivity contribution in [3.8, 4) is 0 Å². The number of nitrogens with zero attached hydrogens (tertiary/aromatic N) is 2. The van der Waals surface area contributed by atoms with E-state index < -0.39 is 23.6 Å². The third kappa shape index (κ3) is 5.45. The molecule has 1 fully saturated rings. The SMILES string of the molecule is Cl.Cl.NCC(C(=O)O)c1cc(F)ccc1C=C1SC(N2CCCCN2)=NC1=O. The Balaban J connectivity index is 0.00000196. The van der Waals surface area contributed by atoms with Crippen molar-refractivity contribution in [2.45, 2.75) is 18.8 Å². The molecule has 11 heteroatoms. The standard InChI is InChI=1S/C17H19FN4O3S.2ClH/c18-11-4-3-10(12(8-11)13(9-19)16(24)25)7-14-15(23)21-17(26-14)22-6-2-1-5-20-22;;/h3-4,7-8,13,20H,1-2,5-6,9,19H2,(H,24,25);2*1H. The van der Waals surface area contributed by atoms with Crippen molar-refractivity contribution in [3.63, 3.8) is 0 Å². The molecule has 0 radical (unpaired) electrons. The Morgan fingerprint density at radius 1 is 1.43 bits per heavy atom. The smallest absolute Gasteiger partial charge is 0.312 e. The number of thioether (sulfide) groups is 1. The van der Waals surface area contributed by atoms with Crippen LogP contribution in [0.15, 0.2) is 28.1 Å². The van der Waals surface area contributed by atoms with E-state index in [-0.39, 0.29) is 36.9 Å². The van der Waals surface area contributed by atoms with Crippen LogP contribution in [-0.2, 0) is 9.59 Å². The van der Waals surface area contributed by atoms with Gasteiger partial charge < -0.3 is 10.8 Å². The van der Waals surface area contributed by atoms with Crippen molar-refractivity contribution >= 4 is 59.7 Å². The molecule has 0 aromatic heterocycles. The number of hydrazine groups is 1. The second-order valence-electron chi connectivity index (χ2n) is 5.98. The summed E-state index contributed by atoms with van der Waals surface area (Å²) in [7, 11) is 0. The predicted octanol–water partition coefficient (Wildman–Crippen LogP) is 2.37. The molecule has 1 amide bonds. The molecule has 2 aliphatic rings. The van der Waals surface area contributed by atoms with Crippen LogP contribution < -0.4 is 11.2 Å². The molecule has 3 rings (SSSR count). The quantitative estimate of drug-likeness (QED) is 0.604. The summed E-state index contributed by atoms with van der Waals surface area (Å²) in [6.07, 6.45) is 3.63. The van der Waals surface area contributed by atoms with E-state index >= 15 is 0 Å². The van der Waals surface area contributed by atoms with E-state index in [4.69, 9.17) is 5.73 Å². The molecule has 0 saturated carbocycles. The highest BCUT2D eigenvalue weighted by Crippen LogP contribution is 2.32. The molecule has 154 valence electrons. The maximum absolute atomic E-state index is 13.6. The minimum atomic E-state index is -1.14. The lowest BCUT2D eigenvalue weighted by Gasteiger charge is -2.28. The monoisotopic (exact) mass is 450 g/mol. The summed E-state index contributed by atoms with van der Waals surface area (Å²) < 4.78 is 13.6. The van der Waals surface area contributed by atoms with Gasteiger partial charge in [-0.05, 0) is 53.9 Å². The first kappa shape index (κ1) is 24.4. The molecular formula is C17H21Cl2FN4O3S. The van der Waals surface area contributed by atoms with E-state index in [9.17, 15) is 19.1 Å². The third-order valence-corrected chi connectivity index (χ3v) is 5.20. The van der Waals surface area contributed by atoms with Crippen molar-refractivity contribution in [1.29, 1.82) is 0 Å². The number of halogens is 3. The molecule has 0 spiro atoms. The number of aliphatic carboxylic acids is 1. The van der Waals surface area contributed by atoms with Gasteiger partial charge in [-0.15, -0.1) is 24.8 Å². The van der Waals surface area contributed by atoms with E-state index in [1.807, 2.05) is 5.01 Å². The van der Waals surface area contributed by atoms with E-state index in [0.29, 0.717) is 15.6 Å². The Morgan fingerprint density at radius 2 is 2.18 bits per heavy atom. The molecule has 1 saturated heterocycles. The van der Waals surface area contributed by atoms with Gasteiger partial charge in [-0.3, -0.25) is 14.6 Å². The first-order valence-electron chi connectivity index (χ1n) is 8.25. The average molecular weight is 451 g/mol. The molecule has 2 aliphatic heterocycles. The molecule has 7 nitrogen and oxygen atoms in total. The minimum Gasteiger partial charge on any atom is -0.481 e. The Hall–Kier alpha value is -1.65. The summed E-state index contributed by atoms with van der Waals surface area (Å²) in [4.78, 5) is 28.1. The fraction of sp³-hybridized carbons (Fsp3) is 0.353. The molecule has 2 heterocycles. The van der Waals surface area contributed by atoms with Crippen LogP contribution in [0.3, 0.4) is 0 Å². The highest BCUT2D eigenvalue weighted by atomic mass is 35.5. The second kappa shape index (κ2) is 10.8. The second-order valence-corrected chi connectivity index (χ2v) is 6.99. The highest BCUT2D eigenvalue weighted by molar-refractivity contribution is 8.18. The molecule has 0 bridgehead atoms. The zero-order valence-electron chi connectivity index (χ0n) is 14.8. The number of hydrogen-bond donors (Lipinski definition) is 3. The van der Waals surface area contributed by atoms with E-state index in [1.165, 1.54) is 23.9 Å². The summed E-state index contributed by atoms with van der Waals surface area (Å²) >= 11 is 1.21. The zero-order chi connectivity index (χ0) is 18.7. The Kier molecular flexibility index (Phi) is 9.38. The summed E-state index contributed by atoms with van der Waals surface area (Å²) in [6.45, 7) is 1.42. The number of carbonyl (C=O) groups is 2. The zero-order valence-corrected chi connectivity index (χ0v) is 17.2. The Labute approximate surface area is 178 Å². The summed E-state index contributed by atoms with van der Waals surface area (Å²) in [5.41, 5.74) is 9.42. The normalized spacial score (nSPS) is 18.9. The number of carbonyl (C=O) groups excluding carboxylic acids is 1. The number of amides is 1. The number of hydrogen-bond acceptors (Lipinski definition) is 6. The number of carboxylic acid groups (broad SMARTS) is 1. The van der Waals surface area contributed by atoms with Crippen LogP contribution in [0, 0.1) is 5.82 Å². The Bertz CT molecular complexity index is 801. The largest absolute Gasteiger partial charge is 0.481 e. The van der Waals surface area contributed by atoms with E-state index in [1.54, 1.807) is 6.08 Å². The van der Waals surface area contributed by atoms with Gasteiger partial charge in [-0.25, -0.2) is 9.82 Å². The lowest BCUT2D eigenvalue weighted by atomic mass is 9.93. The number of nitrogens with two attached hydrogens (primary N) is 1. The molecule has 28 heavy (non-hydrogen) atoms. The van der Waals surface area contributed by atoms with Crippen LogP contribution in [-0.4, -0.2) is 46.8 Å². The Morgan fingerprint density at radius 3 is 2.79 bits per heavy atom. The van der Waals surface area contributed by atoms with Gasteiger partial charge in [-0.1, -0.05) is 6.07 Å². The molecule has 1 atom stereocenters. The summed E-state index contributed by atoms with van der Waals surface area (Å²) in [6, 6.07) is 3.83. The lowest BCUT2D eigenvalue weighted by molar-refractivity contribution is -0.138. The van der Waals surface area contributed by atoms with Crippen LogP contribution in [0.2, 0.25) is 0 Å². The van der Waals surface area contributed by atoms with Crippen LogP contribution in [0.1, 0.15) is 29.9 Å². The maximum Gasteiger partial charge on any atom is 0.312 e. The van der Waals surface area contributed by atoms with E-state index in [2.05, 4.69) is 10.4 Å². The van der Waals surface area contributed by atoms with Crippen molar-refractivity contribution in [2.24, 2.45) is 10.7 Å². The first-order chi connectivity index (χ1) is 12.5. The van der Waals surface area contributed by atoms with Gasteiger partial charge in [0.25, 0.3) is 5.91 Å². The van der Waals surface area contributed by atoms with Crippen molar-refractivity contribution in [2.75, 3.05) is 19.6 Å².